The lowest BCUT2D eigenvalue weighted by molar-refractivity contribution is -0.122. The summed E-state index contributed by atoms with van der Waals surface area (Å²) >= 11 is 0. The Morgan fingerprint density at radius 1 is 1.10 bits per heavy atom. The molecule has 0 spiro atoms. The fraction of sp³-hybridized carbons (Fsp3) is 0.391. The van der Waals surface area contributed by atoms with Crippen LogP contribution in [0.25, 0.3) is 0 Å². The summed E-state index contributed by atoms with van der Waals surface area (Å²) in [6.07, 6.45) is 2.38. The van der Waals surface area contributed by atoms with Crippen molar-refractivity contribution in [1.82, 2.24) is 10.2 Å². The summed E-state index contributed by atoms with van der Waals surface area (Å²) in [5.41, 5.74) is 1.99. The van der Waals surface area contributed by atoms with Gasteiger partial charge >= 0.3 is 12.6 Å². The van der Waals surface area contributed by atoms with Crippen molar-refractivity contribution in [1.29, 1.82) is 0 Å². The Labute approximate surface area is 180 Å². The monoisotopic (exact) mass is 431 g/mol. The predicted octanol–water partition coefficient (Wildman–Crippen LogP) is 4.34. The van der Waals surface area contributed by atoms with Crippen molar-refractivity contribution in [3.05, 3.63) is 59.7 Å². The first-order chi connectivity index (χ1) is 14.9. The first-order valence-corrected chi connectivity index (χ1v) is 10.4. The van der Waals surface area contributed by atoms with Crippen LogP contribution >= 0.6 is 0 Å². The first-order valence-electron chi connectivity index (χ1n) is 10.4. The maximum absolute atomic E-state index is 12.6. The number of benzene rings is 2. The van der Waals surface area contributed by atoms with E-state index in [9.17, 15) is 18.4 Å². The molecule has 31 heavy (non-hydrogen) atoms. The van der Waals surface area contributed by atoms with Crippen molar-refractivity contribution < 1.29 is 23.1 Å². The highest BCUT2D eigenvalue weighted by Gasteiger charge is 2.25. The molecule has 3 amide bonds. The highest BCUT2D eigenvalue weighted by atomic mass is 19.3. The van der Waals surface area contributed by atoms with Crippen LogP contribution in [-0.2, 0) is 11.2 Å². The number of carbonyl (C=O) groups excluding carboxylic acids is 2. The Morgan fingerprint density at radius 2 is 1.81 bits per heavy atom. The first kappa shape index (κ1) is 22.5. The standard InChI is InChI=1S/C23H27F2N3O3/c1-16-6-5-9-19(31-22(24)25)21(16)27-23(30)28-14-12-18(13-15-28)26-20(29)11-10-17-7-3-2-4-8-17/h2-9,18,22H,10-15H2,1H3,(H,26,29)(H,27,30). The number of piperidine rings is 1. The van der Waals surface area contributed by atoms with Crippen molar-refractivity contribution in [2.24, 2.45) is 0 Å². The summed E-state index contributed by atoms with van der Waals surface area (Å²) in [4.78, 5) is 26.5. The van der Waals surface area contributed by atoms with Crippen molar-refractivity contribution >= 4 is 17.6 Å². The van der Waals surface area contributed by atoms with Gasteiger partial charge in [0.25, 0.3) is 0 Å². The molecule has 0 aromatic heterocycles. The SMILES string of the molecule is Cc1cccc(OC(F)F)c1NC(=O)N1CCC(NC(=O)CCc2ccccc2)CC1. The number of ether oxygens (including phenoxy) is 1. The Morgan fingerprint density at radius 3 is 2.48 bits per heavy atom. The maximum atomic E-state index is 12.6. The second-order valence-corrected chi connectivity index (χ2v) is 7.57. The minimum atomic E-state index is -2.97. The Bertz CT molecular complexity index is 885. The molecule has 0 bridgehead atoms. The number of urea groups is 1. The van der Waals surface area contributed by atoms with E-state index in [1.807, 2.05) is 30.3 Å². The number of nitrogens with zero attached hydrogens (tertiary/aromatic N) is 1. The molecule has 1 saturated heterocycles. The Kier molecular flexibility index (Phi) is 7.81. The minimum absolute atomic E-state index is 0.000421. The predicted molar refractivity (Wildman–Crippen MR) is 114 cm³/mol. The molecule has 0 saturated carbocycles. The summed E-state index contributed by atoms with van der Waals surface area (Å²) in [5, 5.41) is 5.73. The highest BCUT2D eigenvalue weighted by Crippen LogP contribution is 2.30. The Hall–Kier alpha value is -3.16. The topological polar surface area (TPSA) is 70.7 Å². The number of aryl methyl sites for hydroxylation is 2. The number of nitrogens with one attached hydrogen (secondary N) is 2. The van der Waals surface area contributed by atoms with Gasteiger partial charge in [-0.05, 0) is 43.4 Å². The van der Waals surface area contributed by atoms with E-state index in [2.05, 4.69) is 15.4 Å². The number of amides is 3. The molecule has 1 fully saturated rings. The number of alkyl halides is 2. The number of likely N-dealkylation sites (tertiary alicyclic amines) is 1. The van der Waals surface area contributed by atoms with E-state index >= 15 is 0 Å². The van der Waals surface area contributed by atoms with Gasteiger partial charge in [-0.25, -0.2) is 4.79 Å². The van der Waals surface area contributed by atoms with E-state index in [1.54, 1.807) is 24.0 Å². The van der Waals surface area contributed by atoms with Crippen LogP contribution in [0.3, 0.4) is 0 Å². The number of carbonyl (C=O) groups is 2. The lowest BCUT2D eigenvalue weighted by atomic mass is 10.0. The lowest BCUT2D eigenvalue weighted by Crippen LogP contribution is -2.47. The van der Waals surface area contributed by atoms with E-state index < -0.39 is 6.61 Å². The smallest absolute Gasteiger partial charge is 0.387 e. The van der Waals surface area contributed by atoms with Gasteiger partial charge in [0.15, 0.2) is 0 Å². The third-order valence-electron chi connectivity index (χ3n) is 5.31. The number of hydrogen-bond donors (Lipinski definition) is 2. The summed E-state index contributed by atoms with van der Waals surface area (Å²) in [5.74, 6) is -0.0654. The molecule has 2 N–H and O–H groups in total. The van der Waals surface area contributed by atoms with E-state index in [-0.39, 0.29) is 29.4 Å². The van der Waals surface area contributed by atoms with Crippen LogP contribution in [0.5, 0.6) is 5.75 Å². The van der Waals surface area contributed by atoms with Gasteiger partial charge in [0.2, 0.25) is 5.91 Å². The molecule has 1 aliphatic heterocycles. The molecule has 0 atom stereocenters. The number of anilines is 1. The quantitative estimate of drug-likeness (QED) is 0.685. The van der Waals surface area contributed by atoms with Crippen LogP contribution in [0.1, 0.15) is 30.4 Å². The summed E-state index contributed by atoms with van der Waals surface area (Å²) in [6.45, 7) is -0.331. The molecule has 1 heterocycles. The number of hydrogen-bond acceptors (Lipinski definition) is 3. The molecular formula is C23H27F2N3O3. The van der Waals surface area contributed by atoms with Crippen molar-refractivity contribution in [2.45, 2.75) is 45.3 Å². The molecule has 3 rings (SSSR count). The molecule has 166 valence electrons. The summed E-state index contributed by atoms with van der Waals surface area (Å²) < 4.78 is 29.8. The van der Waals surface area contributed by atoms with Crippen LogP contribution in [-0.4, -0.2) is 42.6 Å². The van der Waals surface area contributed by atoms with Crippen LogP contribution in [0.15, 0.2) is 48.5 Å². The van der Waals surface area contributed by atoms with Gasteiger partial charge in [-0.15, -0.1) is 0 Å². The zero-order valence-corrected chi connectivity index (χ0v) is 17.4. The van der Waals surface area contributed by atoms with Gasteiger partial charge in [-0.2, -0.15) is 8.78 Å². The molecule has 0 aliphatic carbocycles. The van der Waals surface area contributed by atoms with Crippen molar-refractivity contribution in [2.75, 3.05) is 18.4 Å². The van der Waals surface area contributed by atoms with Crippen LogP contribution in [0.2, 0.25) is 0 Å². The van der Waals surface area contributed by atoms with Crippen molar-refractivity contribution in [3.63, 3.8) is 0 Å². The normalized spacial score (nSPS) is 14.4. The van der Waals surface area contributed by atoms with E-state index in [4.69, 9.17) is 0 Å². The number of para-hydroxylation sites is 1. The molecule has 0 radical (unpaired) electrons. The molecule has 0 unspecified atom stereocenters. The van der Waals surface area contributed by atoms with Crippen LogP contribution in [0, 0.1) is 6.92 Å². The maximum Gasteiger partial charge on any atom is 0.387 e. The second kappa shape index (κ2) is 10.7. The van der Waals surface area contributed by atoms with Gasteiger partial charge in [0.05, 0.1) is 5.69 Å². The molecule has 2 aromatic carbocycles. The molecule has 2 aromatic rings. The van der Waals surface area contributed by atoms with E-state index in [0.717, 1.165) is 5.56 Å². The largest absolute Gasteiger partial charge is 0.433 e. The highest BCUT2D eigenvalue weighted by molar-refractivity contribution is 5.92. The van der Waals surface area contributed by atoms with Crippen molar-refractivity contribution in [3.8, 4) is 5.75 Å². The van der Waals surface area contributed by atoms with E-state index in [0.29, 0.717) is 44.3 Å². The molecule has 1 aliphatic rings. The van der Waals surface area contributed by atoms with Crippen LogP contribution < -0.4 is 15.4 Å². The number of halogens is 2. The van der Waals surface area contributed by atoms with Gasteiger partial charge < -0.3 is 20.3 Å². The average Bonchev–Trinajstić information content (AvgIpc) is 2.75. The Balaban J connectivity index is 1.46. The fourth-order valence-electron chi connectivity index (χ4n) is 3.61. The minimum Gasteiger partial charge on any atom is -0.433 e. The summed E-state index contributed by atoms with van der Waals surface area (Å²) in [7, 11) is 0. The third-order valence-corrected chi connectivity index (χ3v) is 5.31. The third kappa shape index (κ3) is 6.67. The molecule has 8 heteroatoms. The van der Waals surface area contributed by atoms with Gasteiger partial charge in [0.1, 0.15) is 5.75 Å². The van der Waals surface area contributed by atoms with E-state index in [1.165, 1.54) is 6.07 Å². The average molecular weight is 431 g/mol. The zero-order chi connectivity index (χ0) is 22.2. The van der Waals surface area contributed by atoms with Gasteiger partial charge in [-0.1, -0.05) is 42.5 Å². The number of rotatable bonds is 7. The zero-order valence-electron chi connectivity index (χ0n) is 17.4. The van der Waals surface area contributed by atoms with Gasteiger partial charge in [0, 0.05) is 25.6 Å². The van der Waals surface area contributed by atoms with Gasteiger partial charge in [-0.3, -0.25) is 4.79 Å². The van der Waals surface area contributed by atoms with Crippen LogP contribution in [0.4, 0.5) is 19.3 Å². The second-order valence-electron chi connectivity index (χ2n) is 7.57. The fourth-order valence-corrected chi connectivity index (χ4v) is 3.61. The summed E-state index contributed by atoms with van der Waals surface area (Å²) in [6, 6.07) is 14.2. The molecule has 6 nitrogen and oxygen atoms in total. The molecular weight excluding hydrogens is 404 g/mol. The lowest BCUT2D eigenvalue weighted by Gasteiger charge is -2.32.